The maximum Gasteiger partial charge on any atom is 0.424 e. The van der Waals surface area contributed by atoms with Gasteiger partial charge in [-0.25, -0.2) is 14.3 Å². The van der Waals surface area contributed by atoms with E-state index in [1.165, 1.54) is 7.05 Å². The lowest BCUT2D eigenvalue weighted by Crippen LogP contribution is -2.46. The number of carbonyl (C=O) groups excluding carboxylic acids is 2. The number of imide groups is 1. The summed E-state index contributed by atoms with van der Waals surface area (Å²) in [5.41, 5.74) is -2.71. The molecule has 1 aromatic rings. The molecule has 1 aromatic heterocycles. The molecule has 0 spiro atoms. The number of carbonyl (C=O) groups is 2. The third-order valence-electron chi connectivity index (χ3n) is 2.65. The van der Waals surface area contributed by atoms with Crippen LogP contribution >= 0.6 is 0 Å². The van der Waals surface area contributed by atoms with Crippen molar-refractivity contribution >= 4 is 17.9 Å². The van der Waals surface area contributed by atoms with Gasteiger partial charge in [-0.05, 0) is 47.6 Å². The molecule has 0 bridgehead atoms. The molecular weight excluding hydrogens is 330 g/mol. The molecule has 9 heteroatoms. The summed E-state index contributed by atoms with van der Waals surface area (Å²) in [7, 11) is 1.34. The van der Waals surface area contributed by atoms with Gasteiger partial charge in [0.25, 0.3) is 5.56 Å². The molecule has 1 rings (SSSR count). The highest BCUT2D eigenvalue weighted by Gasteiger charge is 2.34. The van der Waals surface area contributed by atoms with Gasteiger partial charge in [0.15, 0.2) is 0 Å². The van der Waals surface area contributed by atoms with Gasteiger partial charge in [-0.2, -0.15) is 10.00 Å². The third-order valence-corrected chi connectivity index (χ3v) is 2.65. The number of anilines is 1. The monoisotopic (exact) mass is 355 g/mol. The van der Waals surface area contributed by atoms with Crippen molar-refractivity contribution < 1.29 is 24.2 Å². The Morgan fingerprint density at radius 1 is 1.12 bits per heavy atom. The molecule has 140 valence electrons. The Morgan fingerprint density at radius 2 is 1.56 bits per heavy atom. The first kappa shape index (κ1) is 20.6. The average Bonchev–Trinajstić information content (AvgIpc) is 2.39. The summed E-state index contributed by atoms with van der Waals surface area (Å²) in [5, 5.41) is 13.1. The molecule has 0 saturated heterocycles. The lowest BCUT2D eigenvalue weighted by molar-refractivity contribution is 0.0429. The van der Waals surface area contributed by atoms with Crippen LogP contribution < -0.4 is 10.5 Å². The van der Waals surface area contributed by atoms with Gasteiger partial charge in [0, 0.05) is 7.05 Å². The maximum atomic E-state index is 12.5. The SMILES string of the molecule is Cn1nc(CO)cc(N(C(=O)OC(C)(C)C)C(=O)OC(C)(C)C)c1=O. The van der Waals surface area contributed by atoms with Gasteiger partial charge >= 0.3 is 12.2 Å². The Balaban J connectivity index is 3.46. The molecule has 0 aliphatic heterocycles. The highest BCUT2D eigenvalue weighted by molar-refractivity contribution is 6.09. The predicted octanol–water partition coefficient (Wildman–Crippen LogP) is 1.95. The molecule has 1 N–H and O–H groups in total. The first-order valence-corrected chi connectivity index (χ1v) is 7.69. The summed E-state index contributed by atoms with van der Waals surface area (Å²) in [5.74, 6) is 0. The zero-order valence-corrected chi connectivity index (χ0v) is 15.6. The molecule has 0 atom stereocenters. The van der Waals surface area contributed by atoms with E-state index in [0.29, 0.717) is 4.90 Å². The second kappa shape index (κ2) is 7.22. The van der Waals surface area contributed by atoms with Gasteiger partial charge in [0.2, 0.25) is 0 Å². The van der Waals surface area contributed by atoms with E-state index in [0.717, 1.165) is 10.7 Å². The number of nitrogens with zero attached hydrogens (tertiary/aromatic N) is 3. The smallest absolute Gasteiger partial charge is 0.424 e. The standard InChI is InChI=1S/C16H25N3O6/c1-15(2,3)24-13(22)19(14(23)25-16(4,5)6)11-8-10(9-20)17-18(7)12(11)21/h8,20H,9H2,1-7H3. The zero-order chi connectivity index (χ0) is 19.6. The van der Waals surface area contributed by atoms with E-state index >= 15 is 0 Å². The van der Waals surface area contributed by atoms with Crippen LogP contribution in [0.4, 0.5) is 15.3 Å². The summed E-state index contributed by atoms with van der Waals surface area (Å²) in [6.45, 7) is 9.29. The van der Waals surface area contributed by atoms with E-state index in [1.807, 2.05) is 0 Å². The van der Waals surface area contributed by atoms with Crippen LogP contribution in [0.2, 0.25) is 0 Å². The van der Waals surface area contributed by atoms with Crippen molar-refractivity contribution in [2.75, 3.05) is 4.90 Å². The summed E-state index contributed by atoms with van der Waals surface area (Å²) in [6, 6.07) is 1.15. The summed E-state index contributed by atoms with van der Waals surface area (Å²) < 4.78 is 11.3. The minimum Gasteiger partial charge on any atom is -0.443 e. The van der Waals surface area contributed by atoms with Gasteiger partial charge in [-0.3, -0.25) is 4.79 Å². The van der Waals surface area contributed by atoms with Crippen LogP contribution in [0.15, 0.2) is 10.9 Å². The maximum absolute atomic E-state index is 12.5. The van der Waals surface area contributed by atoms with Crippen molar-refractivity contribution in [3.05, 3.63) is 22.1 Å². The van der Waals surface area contributed by atoms with E-state index in [1.54, 1.807) is 41.5 Å². The first-order chi connectivity index (χ1) is 11.2. The molecular formula is C16H25N3O6. The lowest BCUT2D eigenvalue weighted by Gasteiger charge is -2.28. The number of aryl methyl sites for hydroxylation is 1. The number of hydrogen-bond donors (Lipinski definition) is 1. The van der Waals surface area contributed by atoms with Crippen molar-refractivity contribution in [3.8, 4) is 0 Å². The fourth-order valence-electron chi connectivity index (χ4n) is 1.78. The zero-order valence-electron chi connectivity index (χ0n) is 15.6. The number of ether oxygens (including phenoxy) is 2. The topological polar surface area (TPSA) is 111 Å². The number of aliphatic hydroxyl groups is 1. The fraction of sp³-hybridized carbons (Fsp3) is 0.625. The van der Waals surface area contributed by atoms with Gasteiger partial charge in [-0.1, -0.05) is 0 Å². The fourth-order valence-corrected chi connectivity index (χ4v) is 1.78. The van der Waals surface area contributed by atoms with Crippen LogP contribution in [-0.2, 0) is 23.1 Å². The molecule has 0 fully saturated rings. The van der Waals surface area contributed by atoms with Gasteiger partial charge in [0.1, 0.15) is 16.9 Å². The average molecular weight is 355 g/mol. The van der Waals surface area contributed by atoms with E-state index < -0.39 is 35.6 Å². The minimum absolute atomic E-state index is 0.106. The Bertz CT molecular complexity index is 684. The Kier molecular flexibility index (Phi) is 5.96. The summed E-state index contributed by atoms with van der Waals surface area (Å²) >= 11 is 0. The van der Waals surface area contributed by atoms with Crippen LogP contribution in [0.25, 0.3) is 0 Å². The quantitative estimate of drug-likeness (QED) is 0.863. The van der Waals surface area contributed by atoms with Gasteiger partial charge < -0.3 is 14.6 Å². The Morgan fingerprint density at radius 3 is 1.92 bits per heavy atom. The number of aromatic nitrogens is 2. The highest BCUT2D eigenvalue weighted by atomic mass is 16.6. The second-order valence-electron chi connectivity index (χ2n) is 7.40. The molecule has 0 saturated carbocycles. The van der Waals surface area contributed by atoms with E-state index in [9.17, 15) is 19.5 Å². The number of aliphatic hydroxyl groups excluding tert-OH is 1. The molecule has 2 amide bonds. The molecule has 25 heavy (non-hydrogen) atoms. The number of amides is 2. The highest BCUT2D eigenvalue weighted by Crippen LogP contribution is 2.19. The van der Waals surface area contributed by atoms with Gasteiger partial charge in [0.05, 0.1) is 12.3 Å². The molecule has 9 nitrogen and oxygen atoms in total. The largest absolute Gasteiger partial charge is 0.443 e. The minimum atomic E-state index is -1.06. The predicted molar refractivity (Wildman–Crippen MR) is 90.3 cm³/mol. The van der Waals surface area contributed by atoms with Crippen molar-refractivity contribution in [2.24, 2.45) is 7.05 Å². The lowest BCUT2D eigenvalue weighted by atomic mass is 10.2. The Hall–Kier alpha value is -2.42. The first-order valence-electron chi connectivity index (χ1n) is 7.69. The molecule has 0 aliphatic carbocycles. The Labute approximate surface area is 146 Å². The van der Waals surface area contributed by atoms with E-state index in [-0.39, 0.29) is 11.4 Å². The van der Waals surface area contributed by atoms with Crippen LogP contribution in [0, 0.1) is 0 Å². The van der Waals surface area contributed by atoms with Gasteiger partial charge in [-0.15, -0.1) is 0 Å². The van der Waals surface area contributed by atoms with E-state index in [4.69, 9.17) is 9.47 Å². The summed E-state index contributed by atoms with van der Waals surface area (Å²) in [6.07, 6.45) is -2.12. The molecule has 0 aromatic carbocycles. The van der Waals surface area contributed by atoms with Crippen molar-refractivity contribution in [1.82, 2.24) is 9.78 Å². The third kappa shape index (κ3) is 5.86. The second-order valence-corrected chi connectivity index (χ2v) is 7.40. The van der Waals surface area contributed by atoms with Crippen molar-refractivity contribution in [3.63, 3.8) is 0 Å². The van der Waals surface area contributed by atoms with Crippen LogP contribution in [0.3, 0.4) is 0 Å². The number of rotatable bonds is 2. The normalized spacial score (nSPS) is 11.8. The van der Waals surface area contributed by atoms with Crippen molar-refractivity contribution in [2.45, 2.75) is 59.4 Å². The van der Waals surface area contributed by atoms with E-state index in [2.05, 4.69) is 5.10 Å². The molecule has 0 aliphatic rings. The van der Waals surface area contributed by atoms with Crippen LogP contribution in [0.5, 0.6) is 0 Å². The molecule has 1 heterocycles. The summed E-state index contributed by atoms with van der Waals surface area (Å²) in [4.78, 5) is 37.9. The van der Waals surface area contributed by atoms with Crippen molar-refractivity contribution in [1.29, 1.82) is 0 Å². The van der Waals surface area contributed by atoms with Crippen LogP contribution in [-0.4, -0.2) is 38.3 Å². The van der Waals surface area contributed by atoms with Crippen LogP contribution in [0.1, 0.15) is 47.2 Å². The number of hydrogen-bond acceptors (Lipinski definition) is 7. The molecule has 0 radical (unpaired) electrons. The molecule has 0 unspecified atom stereocenters.